The van der Waals surface area contributed by atoms with Gasteiger partial charge in [0.05, 0.1) is 12.2 Å². The van der Waals surface area contributed by atoms with Gasteiger partial charge in [-0.25, -0.2) is 0 Å². The molecule has 5 nitrogen and oxygen atoms in total. The van der Waals surface area contributed by atoms with Crippen molar-refractivity contribution in [2.24, 2.45) is 17.0 Å². The fourth-order valence-corrected chi connectivity index (χ4v) is 4.13. The number of hydrogen-bond donors (Lipinski definition) is 1. The van der Waals surface area contributed by atoms with Gasteiger partial charge in [-0.15, -0.1) is 0 Å². The molecular weight excluding hydrogens is 366 g/mol. The Balaban J connectivity index is 1.46. The van der Waals surface area contributed by atoms with Crippen LogP contribution in [0, 0.1) is 11.8 Å². The summed E-state index contributed by atoms with van der Waals surface area (Å²) in [4.78, 5) is 16.0. The Morgan fingerprint density at radius 1 is 1.33 bits per heavy atom. The lowest BCUT2D eigenvalue weighted by Crippen LogP contribution is -2.28. The number of unbranched alkanes of at least 4 members (excludes halogenated alkanes) is 1. The minimum Gasteiger partial charge on any atom is -0.481 e. The summed E-state index contributed by atoms with van der Waals surface area (Å²) in [5.41, 5.74) is 0.990. The van der Waals surface area contributed by atoms with Gasteiger partial charge in [-0.05, 0) is 55.7 Å². The molecule has 0 aliphatic carbocycles. The highest BCUT2D eigenvalue weighted by Crippen LogP contribution is 2.44. The number of benzene rings is 1. The lowest BCUT2D eigenvalue weighted by molar-refractivity contribution is -0.137. The van der Waals surface area contributed by atoms with E-state index in [1.54, 1.807) is 0 Å². The second kappa shape index (κ2) is 9.90. The first-order valence-corrected chi connectivity index (χ1v) is 9.93. The van der Waals surface area contributed by atoms with Gasteiger partial charge < -0.3 is 14.7 Å². The number of fused-ring (bicyclic) bond motifs is 2. The highest BCUT2D eigenvalue weighted by atomic mass is 35.5. The molecule has 2 aliphatic heterocycles. The molecule has 3 rings (SSSR count). The summed E-state index contributed by atoms with van der Waals surface area (Å²) in [6, 6.07) is 7.56. The number of ether oxygens (including phenoxy) is 1. The van der Waals surface area contributed by atoms with Crippen molar-refractivity contribution in [1.29, 1.82) is 0 Å². The summed E-state index contributed by atoms with van der Waals surface area (Å²) in [6.07, 6.45) is 11.5. The zero-order chi connectivity index (χ0) is 19.1. The number of carboxylic acid groups (broad SMARTS) is 1. The molecule has 2 fully saturated rings. The van der Waals surface area contributed by atoms with E-state index in [1.165, 1.54) is 0 Å². The third-order valence-electron chi connectivity index (χ3n) is 5.25. The van der Waals surface area contributed by atoms with E-state index in [2.05, 4.69) is 17.3 Å². The van der Waals surface area contributed by atoms with Gasteiger partial charge in [-0.3, -0.25) is 4.79 Å². The molecule has 0 unspecified atom stereocenters. The zero-order valence-corrected chi connectivity index (χ0v) is 16.1. The van der Waals surface area contributed by atoms with E-state index < -0.39 is 5.97 Å². The minimum absolute atomic E-state index is 0.223. The van der Waals surface area contributed by atoms with Crippen LogP contribution in [0.2, 0.25) is 5.02 Å². The number of oxime groups is 1. The summed E-state index contributed by atoms with van der Waals surface area (Å²) in [7, 11) is 0. The lowest BCUT2D eigenvalue weighted by atomic mass is 9.78. The van der Waals surface area contributed by atoms with Crippen molar-refractivity contribution in [3.8, 4) is 0 Å². The number of carboxylic acids is 1. The molecule has 1 aromatic rings. The molecule has 2 heterocycles. The Labute approximate surface area is 165 Å². The van der Waals surface area contributed by atoms with Crippen LogP contribution < -0.4 is 0 Å². The number of allylic oxidation sites excluding steroid dienone is 2. The van der Waals surface area contributed by atoms with Gasteiger partial charge in [0, 0.05) is 23.6 Å². The topological polar surface area (TPSA) is 68.1 Å². The summed E-state index contributed by atoms with van der Waals surface area (Å²) in [5, 5.41) is 13.5. The number of rotatable bonds is 10. The van der Waals surface area contributed by atoms with Gasteiger partial charge in [-0.2, -0.15) is 0 Å². The Bertz CT molecular complexity index is 691. The standard InChI is InChI=1S/C21H26ClNO4/c22-16-7-5-6-15(12-16)14-26-23-13-18-17(19-10-11-20(18)27-19)8-3-1-2-4-9-21(24)25/h1,3,5-7,12-13,17-20H,2,4,8-11,14H2,(H,24,25)/b3-1-,23-13+/t17-,18-,19+,20-/m1/s1. The summed E-state index contributed by atoms with van der Waals surface area (Å²) < 4.78 is 6.06. The predicted molar refractivity (Wildman–Crippen MR) is 105 cm³/mol. The summed E-state index contributed by atoms with van der Waals surface area (Å²) >= 11 is 5.97. The molecule has 0 aromatic heterocycles. The Kier molecular flexibility index (Phi) is 7.30. The molecule has 0 saturated carbocycles. The average molecular weight is 392 g/mol. The van der Waals surface area contributed by atoms with Crippen molar-refractivity contribution < 1.29 is 19.5 Å². The zero-order valence-electron chi connectivity index (χ0n) is 15.3. The van der Waals surface area contributed by atoms with Gasteiger partial charge in [0.25, 0.3) is 0 Å². The smallest absolute Gasteiger partial charge is 0.303 e. The summed E-state index contributed by atoms with van der Waals surface area (Å²) in [5.74, 6) is -0.0521. The van der Waals surface area contributed by atoms with Crippen molar-refractivity contribution in [2.45, 2.75) is 57.3 Å². The van der Waals surface area contributed by atoms with E-state index >= 15 is 0 Å². The molecular formula is C21H26ClNO4. The second-order valence-corrected chi connectivity index (χ2v) is 7.62. The van der Waals surface area contributed by atoms with E-state index in [9.17, 15) is 4.79 Å². The molecule has 0 amide bonds. The maximum atomic E-state index is 10.5. The molecule has 1 aromatic carbocycles. The normalized spacial score (nSPS) is 27.0. The monoisotopic (exact) mass is 391 g/mol. The number of halogens is 1. The van der Waals surface area contributed by atoms with E-state index in [1.807, 2.05) is 30.5 Å². The Hall–Kier alpha value is -1.85. The quantitative estimate of drug-likeness (QED) is 0.268. The van der Waals surface area contributed by atoms with Gasteiger partial charge in [0.2, 0.25) is 0 Å². The van der Waals surface area contributed by atoms with E-state index in [-0.39, 0.29) is 18.4 Å². The van der Waals surface area contributed by atoms with E-state index in [0.717, 1.165) is 31.2 Å². The van der Waals surface area contributed by atoms with Crippen molar-refractivity contribution in [2.75, 3.05) is 0 Å². The van der Waals surface area contributed by atoms with Crippen molar-refractivity contribution in [3.05, 3.63) is 47.0 Å². The average Bonchev–Trinajstić information content (AvgIpc) is 3.23. The van der Waals surface area contributed by atoms with Crippen LogP contribution in [0.15, 0.2) is 41.6 Å². The van der Waals surface area contributed by atoms with Crippen molar-refractivity contribution >= 4 is 23.8 Å². The van der Waals surface area contributed by atoms with Crippen LogP contribution in [-0.2, 0) is 21.0 Å². The SMILES string of the molecule is O=C(O)CCC/C=C\C[C@@H]1[C@@H](/C=N/OCc2cccc(Cl)c2)[C@H]2CC[C@@H]1O2. The fraction of sp³-hybridized carbons (Fsp3) is 0.524. The van der Waals surface area contributed by atoms with Crippen LogP contribution in [0.4, 0.5) is 0 Å². The van der Waals surface area contributed by atoms with Crippen LogP contribution >= 0.6 is 11.6 Å². The first-order valence-electron chi connectivity index (χ1n) is 9.55. The highest BCUT2D eigenvalue weighted by molar-refractivity contribution is 6.30. The van der Waals surface area contributed by atoms with Crippen molar-refractivity contribution in [1.82, 2.24) is 0 Å². The van der Waals surface area contributed by atoms with E-state index in [0.29, 0.717) is 30.1 Å². The number of carbonyl (C=O) groups is 1. The third-order valence-corrected chi connectivity index (χ3v) is 5.49. The molecule has 6 heteroatoms. The molecule has 146 valence electrons. The Morgan fingerprint density at radius 3 is 3.00 bits per heavy atom. The van der Waals surface area contributed by atoms with Crippen LogP contribution in [0.1, 0.15) is 44.1 Å². The van der Waals surface area contributed by atoms with Gasteiger partial charge in [0.1, 0.15) is 6.61 Å². The maximum absolute atomic E-state index is 10.5. The van der Waals surface area contributed by atoms with Gasteiger partial charge >= 0.3 is 5.97 Å². The second-order valence-electron chi connectivity index (χ2n) is 7.18. The van der Waals surface area contributed by atoms with Crippen LogP contribution in [0.5, 0.6) is 0 Å². The lowest BCUT2D eigenvalue weighted by Gasteiger charge is -2.23. The first-order chi connectivity index (χ1) is 13.1. The molecule has 2 bridgehead atoms. The highest BCUT2D eigenvalue weighted by Gasteiger charge is 2.47. The molecule has 4 atom stereocenters. The first kappa shape index (κ1) is 19.9. The number of aliphatic carboxylic acids is 1. The molecule has 2 aliphatic rings. The van der Waals surface area contributed by atoms with Crippen molar-refractivity contribution in [3.63, 3.8) is 0 Å². The molecule has 2 saturated heterocycles. The fourth-order valence-electron chi connectivity index (χ4n) is 3.92. The minimum atomic E-state index is -0.737. The van der Waals surface area contributed by atoms with Crippen LogP contribution in [0.3, 0.4) is 0 Å². The molecule has 0 spiro atoms. The third kappa shape index (κ3) is 5.81. The van der Waals surface area contributed by atoms with Crippen LogP contribution in [-0.4, -0.2) is 29.5 Å². The largest absolute Gasteiger partial charge is 0.481 e. The van der Waals surface area contributed by atoms with Gasteiger partial charge in [0.15, 0.2) is 0 Å². The molecule has 1 N–H and O–H groups in total. The molecule has 27 heavy (non-hydrogen) atoms. The van der Waals surface area contributed by atoms with E-state index in [4.69, 9.17) is 26.3 Å². The summed E-state index contributed by atoms with van der Waals surface area (Å²) in [6.45, 7) is 0.396. The predicted octanol–water partition coefficient (Wildman–Crippen LogP) is 4.84. The van der Waals surface area contributed by atoms with Crippen LogP contribution in [0.25, 0.3) is 0 Å². The van der Waals surface area contributed by atoms with Gasteiger partial charge in [-0.1, -0.05) is 41.0 Å². The number of nitrogens with zero attached hydrogens (tertiary/aromatic N) is 1. The Morgan fingerprint density at radius 2 is 2.19 bits per heavy atom. The maximum Gasteiger partial charge on any atom is 0.303 e. The number of hydrogen-bond acceptors (Lipinski definition) is 4. The molecule has 0 radical (unpaired) electrons.